The summed E-state index contributed by atoms with van der Waals surface area (Å²) in [4.78, 5) is 6.50. The van der Waals surface area contributed by atoms with Crippen molar-refractivity contribution in [2.45, 2.75) is 30.6 Å². The first kappa shape index (κ1) is 21.3. The summed E-state index contributed by atoms with van der Waals surface area (Å²) in [6.45, 7) is 2.53. The first-order valence-electron chi connectivity index (χ1n) is 9.82. The van der Waals surface area contributed by atoms with E-state index in [0.717, 1.165) is 32.2 Å². The van der Waals surface area contributed by atoms with Gasteiger partial charge in [0.2, 0.25) is 27.5 Å². The van der Waals surface area contributed by atoms with Crippen LogP contribution in [0.25, 0.3) is 11.5 Å². The second-order valence-corrected chi connectivity index (χ2v) is 9.32. The fraction of sp³-hybridized carbons (Fsp3) is 0.500. The number of nitrogens with zero attached hydrogens (tertiary/aromatic N) is 4. The SMILES string of the molecule is CN(C)CCNc1oc(-c2ccc(S(=O)(=O)N3CCCCCC3)cc2)nc1C#N. The third-order valence-corrected chi connectivity index (χ3v) is 6.79. The van der Waals surface area contributed by atoms with Gasteiger partial charge >= 0.3 is 0 Å². The van der Waals surface area contributed by atoms with Crippen LogP contribution >= 0.6 is 0 Å². The van der Waals surface area contributed by atoms with Crippen LogP contribution in [0.5, 0.6) is 0 Å². The summed E-state index contributed by atoms with van der Waals surface area (Å²) in [5.74, 6) is 0.609. The highest BCUT2D eigenvalue weighted by atomic mass is 32.2. The van der Waals surface area contributed by atoms with Crippen LogP contribution < -0.4 is 5.32 Å². The molecule has 8 nitrogen and oxygen atoms in total. The first-order valence-corrected chi connectivity index (χ1v) is 11.3. The second-order valence-electron chi connectivity index (χ2n) is 7.38. The number of oxazole rings is 1. The third kappa shape index (κ3) is 5.15. The van der Waals surface area contributed by atoms with Crippen molar-refractivity contribution in [2.24, 2.45) is 0 Å². The molecule has 1 aromatic heterocycles. The summed E-state index contributed by atoms with van der Waals surface area (Å²) in [7, 11) is 0.417. The van der Waals surface area contributed by atoms with Gasteiger partial charge in [0.1, 0.15) is 6.07 Å². The van der Waals surface area contributed by atoms with E-state index in [4.69, 9.17) is 4.42 Å². The number of hydrogen-bond donors (Lipinski definition) is 1. The smallest absolute Gasteiger partial charge is 0.243 e. The van der Waals surface area contributed by atoms with E-state index in [1.54, 1.807) is 28.6 Å². The van der Waals surface area contributed by atoms with Crippen molar-refractivity contribution in [1.29, 1.82) is 5.26 Å². The van der Waals surface area contributed by atoms with Crippen LogP contribution in [0.2, 0.25) is 0 Å². The minimum Gasteiger partial charge on any atom is -0.419 e. The third-order valence-electron chi connectivity index (χ3n) is 4.88. The Balaban J connectivity index is 1.77. The quantitative estimate of drug-likeness (QED) is 0.739. The molecule has 1 aromatic carbocycles. The van der Waals surface area contributed by atoms with E-state index in [2.05, 4.69) is 10.3 Å². The number of rotatable bonds is 7. The topological polar surface area (TPSA) is 102 Å². The van der Waals surface area contributed by atoms with Crippen LogP contribution in [-0.4, -0.2) is 62.9 Å². The molecule has 1 N–H and O–H groups in total. The Morgan fingerprint density at radius 2 is 1.83 bits per heavy atom. The minimum atomic E-state index is -3.50. The van der Waals surface area contributed by atoms with Gasteiger partial charge in [-0.15, -0.1) is 0 Å². The molecule has 1 aliphatic heterocycles. The van der Waals surface area contributed by atoms with Crippen LogP contribution in [0.15, 0.2) is 33.6 Å². The van der Waals surface area contributed by atoms with Gasteiger partial charge in [-0.1, -0.05) is 12.8 Å². The maximum absolute atomic E-state index is 12.9. The maximum atomic E-state index is 12.9. The molecule has 0 amide bonds. The molecule has 0 atom stereocenters. The predicted molar refractivity (Wildman–Crippen MR) is 111 cm³/mol. The van der Waals surface area contributed by atoms with E-state index in [1.165, 1.54) is 0 Å². The molecule has 0 radical (unpaired) electrons. The van der Waals surface area contributed by atoms with Gasteiger partial charge in [0, 0.05) is 31.7 Å². The molecule has 0 unspecified atom stereocenters. The highest BCUT2D eigenvalue weighted by Crippen LogP contribution is 2.27. The van der Waals surface area contributed by atoms with E-state index in [0.29, 0.717) is 31.1 Å². The number of anilines is 1. The molecular weight excluding hydrogens is 390 g/mol. The van der Waals surface area contributed by atoms with Gasteiger partial charge in [0.05, 0.1) is 4.90 Å². The average Bonchev–Trinajstić information content (AvgIpc) is 2.91. The van der Waals surface area contributed by atoms with Gasteiger partial charge < -0.3 is 14.6 Å². The van der Waals surface area contributed by atoms with Crippen LogP contribution in [0.3, 0.4) is 0 Å². The molecule has 9 heteroatoms. The van der Waals surface area contributed by atoms with Gasteiger partial charge in [0.25, 0.3) is 0 Å². The fourth-order valence-corrected chi connectivity index (χ4v) is 4.75. The lowest BCUT2D eigenvalue weighted by Gasteiger charge is -2.19. The van der Waals surface area contributed by atoms with E-state index in [1.807, 2.05) is 25.1 Å². The molecule has 2 aromatic rings. The van der Waals surface area contributed by atoms with E-state index < -0.39 is 10.0 Å². The average molecular weight is 418 g/mol. The van der Waals surface area contributed by atoms with Crippen molar-refractivity contribution in [3.8, 4) is 17.5 Å². The van der Waals surface area contributed by atoms with Crippen LogP contribution in [0.1, 0.15) is 31.4 Å². The second kappa shape index (κ2) is 9.39. The summed E-state index contributed by atoms with van der Waals surface area (Å²) in [5, 5.41) is 12.4. The van der Waals surface area contributed by atoms with Crippen molar-refractivity contribution in [2.75, 3.05) is 45.6 Å². The fourth-order valence-electron chi connectivity index (χ4n) is 3.23. The summed E-state index contributed by atoms with van der Waals surface area (Å²) in [6.07, 6.45) is 3.94. The zero-order valence-corrected chi connectivity index (χ0v) is 17.7. The number of aromatic nitrogens is 1. The molecule has 2 heterocycles. The standard InChI is InChI=1S/C20H27N5O3S/c1-24(2)14-11-22-20-18(15-21)23-19(28-20)16-7-9-17(10-8-16)29(26,27)25-12-5-3-4-6-13-25/h7-10,22H,3-6,11-14H2,1-2H3. The van der Waals surface area contributed by atoms with Gasteiger partial charge in [-0.2, -0.15) is 14.6 Å². The Labute approximate surface area is 172 Å². The van der Waals surface area contributed by atoms with Crippen molar-refractivity contribution in [3.05, 3.63) is 30.0 Å². The van der Waals surface area contributed by atoms with Crippen molar-refractivity contribution < 1.29 is 12.8 Å². The molecule has 0 saturated carbocycles. The van der Waals surface area contributed by atoms with Crippen molar-refractivity contribution >= 4 is 15.9 Å². The predicted octanol–water partition coefficient (Wildman–Crippen LogP) is 2.75. The number of benzene rings is 1. The normalized spacial score (nSPS) is 15.8. The van der Waals surface area contributed by atoms with Crippen molar-refractivity contribution in [3.63, 3.8) is 0 Å². The maximum Gasteiger partial charge on any atom is 0.243 e. The first-order chi connectivity index (χ1) is 13.9. The Bertz CT molecular complexity index is 953. The Hall–Kier alpha value is -2.41. The molecule has 1 saturated heterocycles. The summed E-state index contributed by atoms with van der Waals surface area (Å²) in [6, 6.07) is 8.51. The van der Waals surface area contributed by atoms with Gasteiger partial charge in [-0.3, -0.25) is 0 Å². The molecule has 0 aliphatic carbocycles. The van der Waals surface area contributed by atoms with Crippen LogP contribution in [0.4, 0.5) is 5.88 Å². The molecule has 1 aliphatic rings. The summed E-state index contributed by atoms with van der Waals surface area (Å²) >= 11 is 0. The minimum absolute atomic E-state index is 0.181. The van der Waals surface area contributed by atoms with Crippen molar-refractivity contribution in [1.82, 2.24) is 14.2 Å². The lowest BCUT2D eigenvalue weighted by Crippen LogP contribution is -2.31. The molecule has 1 fully saturated rings. The molecule has 0 spiro atoms. The zero-order valence-electron chi connectivity index (χ0n) is 16.9. The Morgan fingerprint density at radius 3 is 2.41 bits per heavy atom. The summed E-state index contributed by atoms with van der Waals surface area (Å²) < 4.78 is 33.1. The number of nitrogens with one attached hydrogen (secondary N) is 1. The molecule has 156 valence electrons. The number of hydrogen-bond acceptors (Lipinski definition) is 7. The highest BCUT2D eigenvalue weighted by Gasteiger charge is 2.25. The molecule has 29 heavy (non-hydrogen) atoms. The molecule has 0 bridgehead atoms. The Morgan fingerprint density at radius 1 is 1.17 bits per heavy atom. The lowest BCUT2D eigenvalue weighted by atomic mass is 10.2. The van der Waals surface area contributed by atoms with E-state index in [9.17, 15) is 13.7 Å². The lowest BCUT2D eigenvalue weighted by molar-refractivity contribution is 0.423. The van der Waals surface area contributed by atoms with Gasteiger partial charge in [-0.25, -0.2) is 8.42 Å². The Kier molecular flexibility index (Phi) is 6.90. The van der Waals surface area contributed by atoms with Gasteiger partial charge in [-0.05, 0) is 51.2 Å². The number of nitriles is 1. The zero-order chi connectivity index (χ0) is 20.9. The summed E-state index contributed by atoms with van der Waals surface area (Å²) in [5.41, 5.74) is 0.803. The monoisotopic (exact) mass is 417 g/mol. The van der Waals surface area contributed by atoms with Gasteiger partial charge in [0.15, 0.2) is 0 Å². The molecular formula is C20H27N5O3S. The number of sulfonamides is 1. The van der Waals surface area contributed by atoms with Crippen LogP contribution in [0, 0.1) is 11.3 Å². The largest absolute Gasteiger partial charge is 0.419 e. The highest BCUT2D eigenvalue weighted by molar-refractivity contribution is 7.89. The molecule has 3 rings (SSSR count). The number of likely N-dealkylation sites (N-methyl/N-ethyl adjacent to an activating group) is 1. The van der Waals surface area contributed by atoms with Crippen LogP contribution in [-0.2, 0) is 10.0 Å². The van der Waals surface area contributed by atoms with E-state index >= 15 is 0 Å². The van der Waals surface area contributed by atoms with E-state index in [-0.39, 0.29) is 16.5 Å².